The molecule has 0 aliphatic carbocycles. The molecule has 0 spiro atoms. The Bertz CT molecular complexity index is 1010. The van der Waals surface area contributed by atoms with Gasteiger partial charge in [0.1, 0.15) is 0 Å². The summed E-state index contributed by atoms with van der Waals surface area (Å²) in [5, 5.41) is 2.24. The van der Waals surface area contributed by atoms with Gasteiger partial charge in [-0.2, -0.15) is 26.3 Å². The van der Waals surface area contributed by atoms with Crippen molar-refractivity contribution in [2.24, 2.45) is 0 Å². The Kier molecular flexibility index (Phi) is 6.86. The van der Waals surface area contributed by atoms with Crippen LogP contribution in [0.1, 0.15) is 31.8 Å². The normalized spacial score (nSPS) is 14.7. The molecule has 1 heterocycles. The molecular weight excluding hydrogens is 458 g/mol. The summed E-state index contributed by atoms with van der Waals surface area (Å²) in [5.41, 5.74) is -3.52. The highest BCUT2D eigenvalue weighted by molar-refractivity contribution is 6.06. The van der Waals surface area contributed by atoms with E-state index in [1.165, 1.54) is 18.2 Å². The zero-order valence-electron chi connectivity index (χ0n) is 17.1. The Morgan fingerprint density at radius 3 is 2.03 bits per heavy atom. The molecule has 1 amide bonds. The molecule has 0 radical (unpaired) electrons. The maximum atomic E-state index is 13.1. The number of alkyl halides is 6. The van der Waals surface area contributed by atoms with E-state index in [9.17, 15) is 35.9 Å². The van der Waals surface area contributed by atoms with Crippen molar-refractivity contribution in [2.75, 3.05) is 43.6 Å². The van der Waals surface area contributed by atoms with Gasteiger partial charge in [0.25, 0.3) is 5.91 Å². The molecule has 0 unspecified atom stereocenters. The van der Waals surface area contributed by atoms with Crippen LogP contribution in [0.3, 0.4) is 0 Å². The lowest BCUT2D eigenvalue weighted by Gasteiger charge is -2.30. The third kappa shape index (κ3) is 5.75. The van der Waals surface area contributed by atoms with Gasteiger partial charge >= 0.3 is 18.3 Å². The number of hydrogen-bond donors (Lipinski definition) is 1. The zero-order chi connectivity index (χ0) is 24.4. The first-order chi connectivity index (χ1) is 15.4. The Balaban J connectivity index is 1.94. The fourth-order valence-electron chi connectivity index (χ4n) is 3.26. The molecule has 2 aromatic rings. The van der Waals surface area contributed by atoms with Crippen LogP contribution in [-0.2, 0) is 21.8 Å². The lowest BCUT2D eigenvalue weighted by atomic mass is 10.0. The number of ether oxygens (including phenoxy) is 2. The van der Waals surface area contributed by atoms with E-state index in [0.717, 1.165) is 7.11 Å². The number of hydrogen-bond acceptors (Lipinski definition) is 5. The van der Waals surface area contributed by atoms with Crippen LogP contribution in [0.4, 0.5) is 37.7 Å². The van der Waals surface area contributed by atoms with Gasteiger partial charge in [-0.05, 0) is 36.4 Å². The highest BCUT2D eigenvalue weighted by atomic mass is 19.4. The molecule has 6 nitrogen and oxygen atoms in total. The lowest BCUT2D eigenvalue weighted by molar-refractivity contribution is -0.143. The number of nitrogens with zero attached hydrogens (tertiary/aromatic N) is 1. The number of morpholine rings is 1. The van der Waals surface area contributed by atoms with Crippen LogP contribution >= 0.6 is 0 Å². The summed E-state index contributed by atoms with van der Waals surface area (Å²) >= 11 is 0. The number of methoxy groups -OCH3 is 1. The van der Waals surface area contributed by atoms with E-state index in [1.807, 2.05) is 4.90 Å². The highest BCUT2D eigenvalue weighted by Gasteiger charge is 2.37. The van der Waals surface area contributed by atoms with Gasteiger partial charge in [-0.15, -0.1) is 0 Å². The molecule has 1 fully saturated rings. The molecule has 2 aromatic carbocycles. The molecular formula is C21H18F6N2O4. The van der Waals surface area contributed by atoms with E-state index in [2.05, 4.69) is 5.32 Å². The molecule has 178 valence electrons. The quantitative estimate of drug-likeness (QED) is 0.516. The second-order valence-electron chi connectivity index (χ2n) is 7.07. The van der Waals surface area contributed by atoms with Crippen molar-refractivity contribution in [2.45, 2.75) is 12.4 Å². The summed E-state index contributed by atoms with van der Waals surface area (Å²) in [6.45, 7) is 1.83. The maximum Gasteiger partial charge on any atom is 0.416 e. The lowest BCUT2D eigenvalue weighted by Crippen LogP contribution is -2.37. The molecule has 12 heteroatoms. The van der Waals surface area contributed by atoms with Crippen LogP contribution in [-0.4, -0.2) is 45.3 Å². The van der Waals surface area contributed by atoms with Crippen LogP contribution in [0.2, 0.25) is 0 Å². The summed E-state index contributed by atoms with van der Waals surface area (Å²) in [5.74, 6) is -1.94. The molecule has 1 N–H and O–H groups in total. The zero-order valence-corrected chi connectivity index (χ0v) is 17.1. The van der Waals surface area contributed by atoms with E-state index >= 15 is 0 Å². The first-order valence-electron chi connectivity index (χ1n) is 9.56. The molecule has 33 heavy (non-hydrogen) atoms. The smallest absolute Gasteiger partial charge is 0.416 e. The topological polar surface area (TPSA) is 67.9 Å². The average Bonchev–Trinajstić information content (AvgIpc) is 2.77. The minimum Gasteiger partial charge on any atom is -0.465 e. The molecule has 0 atom stereocenters. The van der Waals surface area contributed by atoms with Crippen molar-refractivity contribution in [1.29, 1.82) is 0 Å². The Labute approximate surface area is 184 Å². The van der Waals surface area contributed by atoms with E-state index in [-0.39, 0.29) is 17.3 Å². The maximum absolute atomic E-state index is 13.1. The fourth-order valence-corrected chi connectivity index (χ4v) is 3.26. The van der Waals surface area contributed by atoms with Crippen molar-refractivity contribution in [3.63, 3.8) is 0 Å². The highest BCUT2D eigenvalue weighted by Crippen LogP contribution is 2.36. The first kappa shape index (κ1) is 24.4. The van der Waals surface area contributed by atoms with Gasteiger partial charge in [0.2, 0.25) is 0 Å². The number of anilines is 2. The second-order valence-corrected chi connectivity index (χ2v) is 7.07. The Morgan fingerprint density at radius 1 is 0.939 bits per heavy atom. The number of esters is 1. The number of halogens is 6. The fraction of sp³-hybridized carbons (Fsp3) is 0.333. The Hall–Kier alpha value is -3.28. The summed E-state index contributed by atoms with van der Waals surface area (Å²) in [4.78, 5) is 26.6. The average molecular weight is 476 g/mol. The van der Waals surface area contributed by atoms with Gasteiger partial charge in [-0.1, -0.05) is 0 Å². The predicted molar refractivity (Wildman–Crippen MR) is 105 cm³/mol. The van der Waals surface area contributed by atoms with Crippen LogP contribution in [0.15, 0.2) is 36.4 Å². The number of carbonyl (C=O) groups is 2. The van der Waals surface area contributed by atoms with E-state index in [4.69, 9.17) is 9.47 Å². The molecule has 1 aliphatic rings. The summed E-state index contributed by atoms with van der Waals surface area (Å²) in [6.07, 6.45) is -10.2. The van der Waals surface area contributed by atoms with Crippen LogP contribution in [0.5, 0.6) is 0 Å². The monoisotopic (exact) mass is 476 g/mol. The van der Waals surface area contributed by atoms with Gasteiger partial charge in [0.05, 0.1) is 42.7 Å². The largest absolute Gasteiger partial charge is 0.465 e. The number of amides is 1. The molecule has 0 bridgehead atoms. The third-order valence-electron chi connectivity index (χ3n) is 4.86. The van der Waals surface area contributed by atoms with Crippen molar-refractivity contribution in [3.8, 4) is 0 Å². The molecule has 1 aliphatic heterocycles. The summed E-state index contributed by atoms with van der Waals surface area (Å²) < 4.78 is 88.4. The molecule has 3 rings (SSSR count). The summed E-state index contributed by atoms with van der Waals surface area (Å²) in [7, 11) is 1.15. The van der Waals surface area contributed by atoms with E-state index in [0.29, 0.717) is 44.1 Å². The van der Waals surface area contributed by atoms with Gasteiger partial charge in [0.15, 0.2) is 0 Å². The van der Waals surface area contributed by atoms with E-state index < -0.39 is 40.9 Å². The van der Waals surface area contributed by atoms with Gasteiger partial charge in [-0.25, -0.2) is 4.79 Å². The standard InChI is InChI=1S/C21H18F6N2O4/c1-32-19(31)16-11-15(2-3-17(16)29-4-6-33-7-5-29)28-18(30)12-8-13(20(22,23)24)10-14(9-12)21(25,26)27/h2-3,8-11H,4-7H2,1H3,(H,28,30). The van der Waals surface area contributed by atoms with Gasteiger partial charge in [-0.3, -0.25) is 4.79 Å². The van der Waals surface area contributed by atoms with Crippen LogP contribution in [0, 0.1) is 0 Å². The van der Waals surface area contributed by atoms with Crippen molar-refractivity contribution < 1.29 is 45.4 Å². The molecule has 1 saturated heterocycles. The second kappa shape index (κ2) is 9.30. The van der Waals surface area contributed by atoms with Crippen LogP contribution in [0.25, 0.3) is 0 Å². The predicted octanol–water partition coefficient (Wildman–Crippen LogP) is 4.60. The number of rotatable bonds is 4. The first-order valence-corrected chi connectivity index (χ1v) is 9.56. The Morgan fingerprint density at radius 2 is 1.52 bits per heavy atom. The van der Waals surface area contributed by atoms with Gasteiger partial charge in [0, 0.05) is 24.3 Å². The molecule has 0 aromatic heterocycles. The van der Waals surface area contributed by atoms with Crippen molar-refractivity contribution in [1.82, 2.24) is 0 Å². The number of carbonyl (C=O) groups excluding carboxylic acids is 2. The minimum atomic E-state index is -5.09. The molecule has 0 saturated carbocycles. The number of nitrogens with one attached hydrogen (secondary N) is 1. The van der Waals surface area contributed by atoms with Crippen molar-refractivity contribution in [3.05, 3.63) is 58.7 Å². The van der Waals surface area contributed by atoms with E-state index in [1.54, 1.807) is 0 Å². The third-order valence-corrected chi connectivity index (χ3v) is 4.86. The van der Waals surface area contributed by atoms with Gasteiger partial charge < -0.3 is 19.7 Å². The summed E-state index contributed by atoms with van der Waals surface area (Å²) in [6, 6.07) is 4.71. The van der Waals surface area contributed by atoms with Crippen LogP contribution < -0.4 is 10.2 Å². The number of benzene rings is 2. The SMILES string of the molecule is COC(=O)c1cc(NC(=O)c2cc(C(F)(F)F)cc(C(F)(F)F)c2)ccc1N1CCOCC1. The minimum absolute atomic E-state index is 0.0108. The van der Waals surface area contributed by atoms with Crippen molar-refractivity contribution >= 4 is 23.3 Å².